The van der Waals surface area contributed by atoms with E-state index in [4.69, 9.17) is 4.74 Å². The Morgan fingerprint density at radius 3 is 2.00 bits per heavy atom. The highest BCUT2D eigenvalue weighted by Crippen LogP contribution is 2.23. The van der Waals surface area contributed by atoms with E-state index in [1.807, 2.05) is 0 Å². The van der Waals surface area contributed by atoms with Gasteiger partial charge in [0.1, 0.15) is 0 Å². The maximum Gasteiger partial charge on any atom is 0.0600 e. The molecule has 0 aliphatic carbocycles. The minimum Gasteiger partial charge on any atom is -0.375 e. The molecule has 114 valence electrons. The van der Waals surface area contributed by atoms with Crippen molar-refractivity contribution >= 4 is 0 Å². The van der Waals surface area contributed by atoms with Gasteiger partial charge >= 0.3 is 0 Å². The summed E-state index contributed by atoms with van der Waals surface area (Å²) in [4.78, 5) is 5.19. The molecule has 1 aliphatic rings. The maximum atomic E-state index is 5.85. The predicted molar refractivity (Wildman–Crippen MR) is 82.7 cm³/mol. The molecule has 0 saturated carbocycles. The Hall–Kier alpha value is -0.120. The minimum absolute atomic E-state index is 0.0257. The van der Waals surface area contributed by atoms with Gasteiger partial charge in [-0.1, -0.05) is 0 Å². The smallest absolute Gasteiger partial charge is 0.0600 e. The Morgan fingerprint density at radius 1 is 0.947 bits per heavy atom. The van der Waals surface area contributed by atoms with Crippen LogP contribution in [0.4, 0.5) is 0 Å². The molecule has 2 atom stereocenters. The Labute approximate surface area is 120 Å². The van der Waals surface area contributed by atoms with E-state index >= 15 is 0 Å². The second-order valence-corrected chi connectivity index (χ2v) is 7.98. The SMILES string of the molecule is C[C@H]1CN(C(C)(C)C)[C@@H](C)CN1CCOC(C)(C)C. The van der Waals surface area contributed by atoms with E-state index in [1.165, 1.54) is 0 Å². The summed E-state index contributed by atoms with van der Waals surface area (Å²) < 4.78 is 5.85. The van der Waals surface area contributed by atoms with Crippen LogP contribution < -0.4 is 0 Å². The third kappa shape index (κ3) is 5.41. The summed E-state index contributed by atoms with van der Waals surface area (Å²) in [5.74, 6) is 0. The molecular weight excluding hydrogens is 236 g/mol. The lowest BCUT2D eigenvalue weighted by Gasteiger charge is -2.50. The molecule has 0 aromatic rings. The first-order valence-electron chi connectivity index (χ1n) is 7.65. The molecule has 1 heterocycles. The van der Waals surface area contributed by atoms with Crippen LogP contribution in [0.25, 0.3) is 0 Å². The maximum absolute atomic E-state index is 5.85. The van der Waals surface area contributed by atoms with Crippen LogP contribution in [0.2, 0.25) is 0 Å². The van der Waals surface area contributed by atoms with E-state index in [1.54, 1.807) is 0 Å². The lowest BCUT2D eigenvalue weighted by Crippen LogP contribution is -2.61. The predicted octanol–water partition coefficient (Wildman–Crippen LogP) is 2.99. The topological polar surface area (TPSA) is 15.7 Å². The molecule has 0 amide bonds. The van der Waals surface area contributed by atoms with Crippen molar-refractivity contribution in [1.82, 2.24) is 9.80 Å². The highest BCUT2D eigenvalue weighted by molar-refractivity contribution is 4.90. The van der Waals surface area contributed by atoms with Crippen molar-refractivity contribution in [2.24, 2.45) is 0 Å². The van der Waals surface area contributed by atoms with Crippen molar-refractivity contribution in [2.45, 2.75) is 78.6 Å². The van der Waals surface area contributed by atoms with E-state index in [-0.39, 0.29) is 11.1 Å². The van der Waals surface area contributed by atoms with Gasteiger partial charge in [0, 0.05) is 37.3 Å². The largest absolute Gasteiger partial charge is 0.375 e. The van der Waals surface area contributed by atoms with Crippen molar-refractivity contribution in [3.05, 3.63) is 0 Å². The molecule has 1 rings (SSSR count). The first-order valence-corrected chi connectivity index (χ1v) is 7.65. The summed E-state index contributed by atoms with van der Waals surface area (Å²) in [5, 5.41) is 0. The summed E-state index contributed by atoms with van der Waals surface area (Å²) in [5.41, 5.74) is 0.240. The molecule has 1 aliphatic heterocycles. The minimum atomic E-state index is -0.0257. The average molecular weight is 270 g/mol. The quantitative estimate of drug-likeness (QED) is 0.784. The Kier molecular flexibility index (Phi) is 5.44. The lowest BCUT2D eigenvalue weighted by molar-refractivity contribution is -0.0466. The number of piperazine rings is 1. The number of hydrogen-bond acceptors (Lipinski definition) is 3. The number of ether oxygens (including phenoxy) is 1. The van der Waals surface area contributed by atoms with Crippen LogP contribution in [0.15, 0.2) is 0 Å². The van der Waals surface area contributed by atoms with Crippen molar-refractivity contribution < 1.29 is 4.74 Å². The van der Waals surface area contributed by atoms with Crippen molar-refractivity contribution in [3.63, 3.8) is 0 Å². The van der Waals surface area contributed by atoms with Gasteiger partial charge in [0.2, 0.25) is 0 Å². The van der Waals surface area contributed by atoms with E-state index in [0.717, 1.165) is 26.2 Å². The zero-order valence-electron chi connectivity index (χ0n) is 14.3. The summed E-state index contributed by atoms with van der Waals surface area (Å²) in [6.45, 7) is 22.2. The Bertz CT molecular complexity index is 277. The highest BCUT2D eigenvalue weighted by Gasteiger charge is 2.34. The van der Waals surface area contributed by atoms with E-state index in [0.29, 0.717) is 12.1 Å². The van der Waals surface area contributed by atoms with Crippen LogP contribution >= 0.6 is 0 Å². The normalized spacial score (nSPS) is 27.8. The van der Waals surface area contributed by atoms with Crippen LogP contribution in [-0.4, -0.2) is 59.3 Å². The summed E-state index contributed by atoms with van der Waals surface area (Å²) >= 11 is 0. The van der Waals surface area contributed by atoms with Gasteiger partial charge in [-0.15, -0.1) is 0 Å². The molecule has 3 nitrogen and oxygen atoms in total. The third-order valence-electron chi connectivity index (χ3n) is 3.89. The first kappa shape index (κ1) is 16.9. The Balaban J connectivity index is 2.48. The fraction of sp³-hybridized carbons (Fsp3) is 1.00. The fourth-order valence-electron chi connectivity index (χ4n) is 2.91. The number of nitrogens with zero attached hydrogens (tertiary/aromatic N) is 2. The molecule has 0 N–H and O–H groups in total. The van der Waals surface area contributed by atoms with Gasteiger partial charge in [0.25, 0.3) is 0 Å². The highest BCUT2D eigenvalue weighted by atomic mass is 16.5. The molecule has 0 spiro atoms. The number of hydrogen-bond donors (Lipinski definition) is 0. The van der Waals surface area contributed by atoms with Gasteiger partial charge in [-0.25, -0.2) is 0 Å². The van der Waals surface area contributed by atoms with Crippen molar-refractivity contribution in [1.29, 1.82) is 0 Å². The molecule has 1 saturated heterocycles. The zero-order valence-corrected chi connectivity index (χ0v) is 14.3. The van der Waals surface area contributed by atoms with E-state index in [2.05, 4.69) is 65.2 Å². The standard InChI is InChI=1S/C16H34N2O/c1-13-12-18(15(3,4)5)14(2)11-17(13)9-10-19-16(6,7)8/h13-14H,9-12H2,1-8H3/t13-,14-/m0/s1. The summed E-state index contributed by atoms with van der Waals surface area (Å²) in [6, 6.07) is 1.23. The van der Waals surface area contributed by atoms with Gasteiger partial charge in [-0.2, -0.15) is 0 Å². The van der Waals surface area contributed by atoms with Crippen LogP contribution in [0.1, 0.15) is 55.4 Å². The second-order valence-electron chi connectivity index (χ2n) is 7.98. The third-order valence-corrected chi connectivity index (χ3v) is 3.89. The fourth-order valence-corrected chi connectivity index (χ4v) is 2.91. The molecule has 0 radical (unpaired) electrons. The van der Waals surface area contributed by atoms with E-state index in [9.17, 15) is 0 Å². The zero-order chi connectivity index (χ0) is 14.8. The average Bonchev–Trinajstić information content (AvgIpc) is 2.19. The molecule has 1 fully saturated rings. The summed E-state index contributed by atoms with van der Waals surface area (Å²) in [6.07, 6.45) is 0. The van der Waals surface area contributed by atoms with Crippen molar-refractivity contribution in [2.75, 3.05) is 26.2 Å². The van der Waals surface area contributed by atoms with Crippen LogP contribution in [-0.2, 0) is 4.74 Å². The molecular formula is C16H34N2O. The monoisotopic (exact) mass is 270 g/mol. The first-order chi connectivity index (χ1) is 8.50. The van der Waals surface area contributed by atoms with Crippen LogP contribution in [0.5, 0.6) is 0 Å². The van der Waals surface area contributed by atoms with Gasteiger partial charge < -0.3 is 4.74 Å². The summed E-state index contributed by atoms with van der Waals surface area (Å²) in [7, 11) is 0. The molecule has 0 aromatic heterocycles. The van der Waals surface area contributed by atoms with Gasteiger partial charge in [0.05, 0.1) is 12.2 Å². The lowest BCUT2D eigenvalue weighted by atomic mass is 9.98. The van der Waals surface area contributed by atoms with Gasteiger partial charge in [-0.3, -0.25) is 9.80 Å². The molecule has 0 aromatic carbocycles. The van der Waals surface area contributed by atoms with E-state index < -0.39 is 0 Å². The van der Waals surface area contributed by atoms with Crippen LogP contribution in [0, 0.1) is 0 Å². The Morgan fingerprint density at radius 2 is 1.53 bits per heavy atom. The molecule has 0 bridgehead atoms. The van der Waals surface area contributed by atoms with Crippen LogP contribution in [0.3, 0.4) is 0 Å². The van der Waals surface area contributed by atoms with Gasteiger partial charge in [-0.05, 0) is 55.4 Å². The molecule has 3 heteroatoms. The molecule has 0 unspecified atom stereocenters. The van der Waals surface area contributed by atoms with Crippen molar-refractivity contribution in [3.8, 4) is 0 Å². The second kappa shape index (κ2) is 6.11. The van der Waals surface area contributed by atoms with Gasteiger partial charge in [0.15, 0.2) is 0 Å². The molecule has 19 heavy (non-hydrogen) atoms. The number of rotatable bonds is 3.